The number of amides is 3. The predicted molar refractivity (Wildman–Crippen MR) is 63.7 cm³/mol. The lowest BCUT2D eigenvalue weighted by molar-refractivity contribution is -0.141. The second-order valence-corrected chi connectivity index (χ2v) is 4.51. The van der Waals surface area contributed by atoms with Crippen LogP contribution >= 0.6 is 0 Å². The highest BCUT2D eigenvalue weighted by molar-refractivity contribution is 5.86. The Balaban J connectivity index is 2.37. The van der Waals surface area contributed by atoms with Gasteiger partial charge < -0.3 is 21.1 Å². The summed E-state index contributed by atoms with van der Waals surface area (Å²) in [5, 5.41) is 11.3. The summed E-state index contributed by atoms with van der Waals surface area (Å²) < 4.78 is 0. The van der Waals surface area contributed by atoms with Crippen molar-refractivity contribution < 1.29 is 19.5 Å². The third kappa shape index (κ3) is 3.61. The maximum Gasteiger partial charge on any atom is 0.318 e. The van der Waals surface area contributed by atoms with Crippen molar-refractivity contribution in [2.75, 3.05) is 13.1 Å². The number of likely N-dealkylation sites (tertiary alicyclic amines) is 1. The molecule has 1 saturated heterocycles. The minimum atomic E-state index is -0.888. The van der Waals surface area contributed by atoms with Gasteiger partial charge in [-0.15, -0.1) is 0 Å². The van der Waals surface area contributed by atoms with Gasteiger partial charge in [0.1, 0.15) is 6.04 Å². The van der Waals surface area contributed by atoms with Gasteiger partial charge in [-0.1, -0.05) is 6.92 Å². The molecule has 2 unspecified atom stereocenters. The van der Waals surface area contributed by atoms with Gasteiger partial charge in [0.2, 0.25) is 5.91 Å². The fraction of sp³-hybridized carbons (Fsp3) is 0.727. The molecule has 0 aromatic carbocycles. The van der Waals surface area contributed by atoms with Gasteiger partial charge in [0.05, 0.1) is 5.92 Å². The van der Waals surface area contributed by atoms with E-state index in [1.807, 2.05) is 0 Å². The first-order chi connectivity index (χ1) is 8.43. The Morgan fingerprint density at radius 3 is 2.72 bits per heavy atom. The zero-order chi connectivity index (χ0) is 13.7. The molecule has 4 N–H and O–H groups in total. The van der Waals surface area contributed by atoms with Gasteiger partial charge in [0.25, 0.3) is 0 Å². The van der Waals surface area contributed by atoms with E-state index in [2.05, 4.69) is 5.32 Å². The summed E-state index contributed by atoms with van der Waals surface area (Å²) >= 11 is 0. The van der Waals surface area contributed by atoms with Crippen LogP contribution in [0.3, 0.4) is 0 Å². The van der Waals surface area contributed by atoms with Crippen LogP contribution in [0.15, 0.2) is 0 Å². The fourth-order valence-corrected chi connectivity index (χ4v) is 1.93. The molecule has 0 aliphatic carbocycles. The second-order valence-electron chi connectivity index (χ2n) is 4.51. The fourth-order valence-electron chi connectivity index (χ4n) is 1.93. The number of carboxylic acids is 1. The molecule has 0 spiro atoms. The Morgan fingerprint density at radius 1 is 1.50 bits per heavy atom. The van der Waals surface area contributed by atoms with Crippen LogP contribution in [-0.2, 0) is 9.59 Å². The highest BCUT2D eigenvalue weighted by Gasteiger charge is 2.32. The minimum absolute atomic E-state index is 0.272. The largest absolute Gasteiger partial charge is 0.481 e. The number of primary amides is 1. The Labute approximate surface area is 105 Å². The first-order valence-corrected chi connectivity index (χ1v) is 6.00. The molecule has 102 valence electrons. The number of rotatable bonds is 5. The van der Waals surface area contributed by atoms with Crippen molar-refractivity contribution >= 4 is 17.9 Å². The molecule has 0 aromatic rings. The summed E-state index contributed by atoms with van der Waals surface area (Å²) in [5.74, 6) is -1.89. The van der Waals surface area contributed by atoms with Crippen LogP contribution < -0.4 is 11.1 Å². The normalized spacial score (nSPS) is 20.5. The first kappa shape index (κ1) is 14.3. The van der Waals surface area contributed by atoms with Crippen LogP contribution in [0.25, 0.3) is 0 Å². The van der Waals surface area contributed by atoms with Crippen molar-refractivity contribution in [2.24, 2.45) is 11.7 Å². The van der Waals surface area contributed by atoms with Crippen LogP contribution in [0.2, 0.25) is 0 Å². The number of carboxylic acid groups (broad SMARTS) is 1. The maximum atomic E-state index is 11.8. The van der Waals surface area contributed by atoms with Gasteiger partial charge in [-0.3, -0.25) is 9.59 Å². The average molecular weight is 257 g/mol. The molecule has 1 aliphatic rings. The number of hydrogen-bond donors (Lipinski definition) is 3. The molecule has 3 amide bonds. The lowest BCUT2D eigenvalue weighted by Crippen LogP contribution is -2.48. The first-order valence-electron chi connectivity index (χ1n) is 6.00. The maximum absolute atomic E-state index is 11.8. The van der Waals surface area contributed by atoms with Crippen molar-refractivity contribution in [3.8, 4) is 0 Å². The molecular formula is C11H19N3O4. The van der Waals surface area contributed by atoms with E-state index in [9.17, 15) is 14.4 Å². The highest BCUT2D eigenvalue weighted by atomic mass is 16.4. The van der Waals surface area contributed by atoms with Gasteiger partial charge in [-0.2, -0.15) is 0 Å². The molecule has 0 radical (unpaired) electrons. The molecular weight excluding hydrogens is 238 g/mol. The number of hydrogen-bond acceptors (Lipinski definition) is 3. The number of carbonyl (C=O) groups is 3. The van der Waals surface area contributed by atoms with Crippen molar-refractivity contribution in [3.63, 3.8) is 0 Å². The zero-order valence-electron chi connectivity index (χ0n) is 10.4. The van der Waals surface area contributed by atoms with Gasteiger partial charge in [-0.05, 0) is 19.3 Å². The predicted octanol–water partition coefficient (Wildman–Crippen LogP) is -0.243. The van der Waals surface area contributed by atoms with Crippen LogP contribution in [-0.4, -0.2) is 47.0 Å². The van der Waals surface area contributed by atoms with E-state index in [4.69, 9.17) is 10.8 Å². The van der Waals surface area contributed by atoms with E-state index >= 15 is 0 Å². The third-order valence-electron chi connectivity index (χ3n) is 3.12. The monoisotopic (exact) mass is 257 g/mol. The van der Waals surface area contributed by atoms with Crippen LogP contribution in [0.4, 0.5) is 4.79 Å². The molecule has 7 nitrogen and oxygen atoms in total. The van der Waals surface area contributed by atoms with Crippen LogP contribution in [0, 0.1) is 5.92 Å². The Bertz CT molecular complexity index is 345. The minimum Gasteiger partial charge on any atom is -0.481 e. The molecule has 1 rings (SSSR count). The molecule has 0 aromatic heterocycles. The lowest BCUT2D eigenvalue weighted by atomic mass is 10.1. The number of nitrogens with zero attached hydrogens (tertiary/aromatic N) is 1. The summed E-state index contributed by atoms with van der Waals surface area (Å²) in [7, 11) is 0. The van der Waals surface area contributed by atoms with Crippen molar-refractivity contribution in [2.45, 2.75) is 32.2 Å². The van der Waals surface area contributed by atoms with Gasteiger partial charge >= 0.3 is 12.0 Å². The van der Waals surface area contributed by atoms with E-state index in [0.717, 1.165) is 6.42 Å². The van der Waals surface area contributed by atoms with E-state index < -0.39 is 23.8 Å². The second kappa shape index (κ2) is 6.23. The highest BCUT2D eigenvalue weighted by Crippen LogP contribution is 2.16. The summed E-state index contributed by atoms with van der Waals surface area (Å²) in [6, 6.07) is -0.893. The Hall–Kier alpha value is -1.79. The number of urea groups is 1. The standard InChI is InChI=1S/C11H19N3O4/c1-7(10(16)17)4-5-13-11(18)14-6-2-3-8(14)9(12)15/h7-8H,2-6H2,1H3,(H2,12,15)(H,13,18)(H,16,17). The molecule has 18 heavy (non-hydrogen) atoms. The van der Waals surface area contributed by atoms with E-state index in [0.29, 0.717) is 19.4 Å². The number of nitrogens with one attached hydrogen (secondary N) is 1. The summed E-state index contributed by atoms with van der Waals surface area (Å²) in [4.78, 5) is 34.9. The molecule has 1 aliphatic heterocycles. The van der Waals surface area contributed by atoms with E-state index in [1.165, 1.54) is 4.90 Å². The quantitative estimate of drug-likeness (QED) is 0.630. The smallest absolute Gasteiger partial charge is 0.318 e. The molecule has 0 bridgehead atoms. The molecule has 1 fully saturated rings. The molecule has 2 atom stereocenters. The number of nitrogens with two attached hydrogens (primary N) is 1. The summed E-state index contributed by atoms with van der Waals surface area (Å²) in [6.07, 6.45) is 1.71. The van der Waals surface area contributed by atoms with Gasteiger partial charge in [0, 0.05) is 13.1 Å². The van der Waals surface area contributed by atoms with Crippen molar-refractivity contribution in [3.05, 3.63) is 0 Å². The molecule has 1 heterocycles. The van der Waals surface area contributed by atoms with Crippen LogP contribution in [0.1, 0.15) is 26.2 Å². The topological polar surface area (TPSA) is 113 Å². The lowest BCUT2D eigenvalue weighted by Gasteiger charge is -2.22. The average Bonchev–Trinajstić information content (AvgIpc) is 2.77. The Morgan fingerprint density at radius 2 is 2.17 bits per heavy atom. The van der Waals surface area contributed by atoms with Crippen LogP contribution in [0.5, 0.6) is 0 Å². The van der Waals surface area contributed by atoms with E-state index in [-0.39, 0.29) is 12.6 Å². The van der Waals surface area contributed by atoms with Gasteiger partial charge in [0.15, 0.2) is 0 Å². The molecule has 7 heteroatoms. The van der Waals surface area contributed by atoms with Crippen molar-refractivity contribution in [1.82, 2.24) is 10.2 Å². The van der Waals surface area contributed by atoms with E-state index in [1.54, 1.807) is 6.92 Å². The van der Waals surface area contributed by atoms with Gasteiger partial charge in [-0.25, -0.2) is 4.79 Å². The number of carbonyl (C=O) groups excluding carboxylic acids is 2. The summed E-state index contributed by atoms with van der Waals surface area (Å²) in [5.41, 5.74) is 5.20. The Kier molecular flexibility index (Phi) is 4.94. The zero-order valence-corrected chi connectivity index (χ0v) is 10.4. The third-order valence-corrected chi connectivity index (χ3v) is 3.12. The summed E-state index contributed by atoms with van der Waals surface area (Å²) in [6.45, 7) is 2.36. The van der Waals surface area contributed by atoms with Crippen molar-refractivity contribution in [1.29, 1.82) is 0 Å². The SMILES string of the molecule is CC(CCNC(=O)N1CCCC1C(N)=O)C(=O)O. The molecule has 0 saturated carbocycles. The number of aliphatic carboxylic acids is 1.